The van der Waals surface area contributed by atoms with Gasteiger partial charge >= 0.3 is 6.03 Å². The van der Waals surface area contributed by atoms with E-state index < -0.39 is 0 Å². The lowest BCUT2D eigenvalue weighted by atomic mass is 9.96. The predicted octanol–water partition coefficient (Wildman–Crippen LogP) is 2.54. The van der Waals surface area contributed by atoms with Crippen LogP contribution >= 0.6 is 0 Å². The summed E-state index contributed by atoms with van der Waals surface area (Å²) in [5.74, 6) is -0.317. The molecule has 7 heteroatoms. The maximum absolute atomic E-state index is 12.1. The average Bonchev–Trinajstić information content (AvgIpc) is 3.46. The number of amides is 4. The zero-order valence-electron chi connectivity index (χ0n) is 15.6. The Morgan fingerprint density at radius 3 is 2.41 bits per heavy atom. The van der Waals surface area contributed by atoms with Crippen molar-refractivity contribution in [1.82, 2.24) is 16.0 Å². The minimum absolute atomic E-state index is 0.116. The van der Waals surface area contributed by atoms with Crippen LogP contribution in [0.5, 0.6) is 0 Å². The second-order valence-electron chi connectivity index (χ2n) is 7.36. The molecule has 4 amide bonds. The topological polar surface area (TPSA) is 99.3 Å². The van der Waals surface area contributed by atoms with Crippen molar-refractivity contribution in [2.24, 2.45) is 0 Å². The summed E-state index contributed by atoms with van der Waals surface area (Å²) in [4.78, 5) is 36.0. The molecule has 146 valence electrons. The van der Waals surface area contributed by atoms with Gasteiger partial charge in [0.15, 0.2) is 0 Å². The van der Waals surface area contributed by atoms with Crippen LogP contribution in [-0.2, 0) is 4.79 Å². The molecule has 2 aliphatic carbocycles. The van der Waals surface area contributed by atoms with Crippen LogP contribution < -0.4 is 21.3 Å². The maximum atomic E-state index is 12.1. The molecule has 0 aliphatic heterocycles. The van der Waals surface area contributed by atoms with Crippen molar-refractivity contribution in [3.8, 4) is 0 Å². The van der Waals surface area contributed by atoms with Gasteiger partial charge in [-0.3, -0.25) is 9.59 Å². The van der Waals surface area contributed by atoms with Gasteiger partial charge in [-0.1, -0.05) is 25.3 Å². The van der Waals surface area contributed by atoms with Crippen LogP contribution in [-0.4, -0.2) is 36.5 Å². The molecule has 0 unspecified atom stereocenters. The maximum Gasteiger partial charge on any atom is 0.315 e. The Hall–Kier alpha value is -2.57. The third kappa shape index (κ3) is 6.58. The molecule has 2 fully saturated rings. The molecule has 0 atom stereocenters. The first kappa shape index (κ1) is 19.2. The minimum atomic E-state index is -0.214. The van der Waals surface area contributed by atoms with E-state index in [1.165, 1.54) is 6.42 Å². The lowest BCUT2D eigenvalue weighted by Gasteiger charge is -2.22. The van der Waals surface area contributed by atoms with Gasteiger partial charge in [0.1, 0.15) is 0 Å². The molecule has 0 spiro atoms. The molecule has 3 rings (SSSR count). The largest absolute Gasteiger partial charge is 0.349 e. The number of urea groups is 1. The van der Waals surface area contributed by atoms with E-state index in [4.69, 9.17) is 0 Å². The fourth-order valence-electron chi connectivity index (χ4n) is 3.23. The molecule has 0 saturated heterocycles. The Balaban J connectivity index is 1.37. The van der Waals surface area contributed by atoms with Gasteiger partial charge in [-0.2, -0.15) is 0 Å². The molecule has 7 nitrogen and oxygen atoms in total. The van der Waals surface area contributed by atoms with Crippen molar-refractivity contribution >= 4 is 23.5 Å². The van der Waals surface area contributed by atoms with Crippen molar-refractivity contribution < 1.29 is 14.4 Å². The lowest BCUT2D eigenvalue weighted by molar-refractivity contribution is -0.116. The zero-order valence-corrected chi connectivity index (χ0v) is 15.6. The lowest BCUT2D eigenvalue weighted by Crippen LogP contribution is -2.43. The highest BCUT2D eigenvalue weighted by Crippen LogP contribution is 2.20. The second kappa shape index (κ2) is 9.39. The van der Waals surface area contributed by atoms with E-state index in [2.05, 4.69) is 21.3 Å². The van der Waals surface area contributed by atoms with Gasteiger partial charge in [0.2, 0.25) is 5.91 Å². The summed E-state index contributed by atoms with van der Waals surface area (Å²) in [7, 11) is 0. The van der Waals surface area contributed by atoms with Crippen molar-refractivity contribution in [3.63, 3.8) is 0 Å². The van der Waals surface area contributed by atoms with Gasteiger partial charge in [0.05, 0.1) is 0 Å². The van der Waals surface area contributed by atoms with Gasteiger partial charge in [-0.25, -0.2) is 4.79 Å². The van der Waals surface area contributed by atoms with Crippen molar-refractivity contribution in [1.29, 1.82) is 0 Å². The number of carbonyl (C=O) groups is 3. The Morgan fingerprint density at radius 2 is 1.67 bits per heavy atom. The highest BCUT2D eigenvalue weighted by molar-refractivity contribution is 5.97. The first-order chi connectivity index (χ1) is 13.1. The van der Waals surface area contributed by atoms with Crippen LogP contribution in [0.25, 0.3) is 0 Å². The summed E-state index contributed by atoms with van der Waals surface area (Å²) in [6.07, 6.45) is 7.85. The van der Waals surface area contributed by atoms with E-state index in [1.807, 2.05) is 0 Å². The first-order valence-electron chi connectivity index (χ1n) is 9.85. The summed E-state index contributed by atoms with van der Waals surface area (Å²) in [5, 5.41) is 11.4. The van der Waals surface area contributed by atoms with E-state index in [1.54, 1.807) is 24.3 Å². The molecule has 27 heavy (non-hydrogen) atoms. The van der Waals surface area contributed by atoms with Gasteiger partial charge in [0, 0.05) is 36.3 Å². The van der Waals surface area contributed by atoms with Crippen molar-refractivity contribution in [2.45, 2.75) is 63.5 Å². The quantitative estimate of drug-likeness (QED) is 0.592. The summed E-state index contributed by atoms with van der Waals surface area (Å²) < 4.78 is 0. The molecule has 2 aliphatic rings. The summed E-state index contributed by atoms with van der Waals surface area (Å²) in [5.41, 5.74) is 1.11. The third-order valence-electron chi connectivity index (χ3n) is 4.90. The number of hydrogen-bond donors (Lipinski definition) is 4. The van der Waals surface area contributed by atoms with Crippen LogP contribution in [0.2, 0.25) is 0 Å². The highest BCUT2D eigenvalue weighted by atomic mass is 16.2. The molecule has 0 heterocycles. The van der Waals surface area contributed by atoms with Gasteiger partial charge in [0.25, 0.3) is 5.91 Å². The molecular formula is C20H28N4O3. The Morgan fingerprint density at radius 1 is 0.926 bits per heavy atom. The number of rotatable bonds is 7. The summed E-state index contributed by atoms with van der Waals surface area (Å²) >= 11 is 0. The number of anilines is 1. The predicted molar refractivity (Wildman–Crippen MR) is 104 cm³/mol. The molecule has 1 aromatic rings. The zero-order chi connectivity index (χ0) is 19.1. The van der Waals surface area contributed by atoms with Crippen LogP contribution in [0.15, 0.2) is 24.3 Å². The summed E-state index contributed by atoms with van der Waals surface area (Å²) in [6.45, 7) is 0.270. The Labute approximate surface area is 159 Å². The molecular weight excluding hydrogens is 344 g/mol. The minimum Gasteiger partial charge on any atom is -0.349 e. The normalized spacial score (nSPS) is 17.0. The van der Waals surface area contributed by atoms with E-state index >= 15 is 0 Å². The van der Waals surface area contributed by atoms with Crippen LogP contribution in [0.3, 0.4) is 0 Å². The smallest absolute Gasteiger partial charge is 0.315 e. The van der Waals surface area contributed by atoms with Gasteiger partial charge < -0.3 is 21.3 Å². The highest BCUT2D eigenvalue weighted by Gasteiger charge is 2.23. The third-order valence-corrected chi connectivity index (χ3v) is 4.90. The summed E-state index contributed by atoms with van der Waals surface area (Å²) in [6, 6.07) is 7.21. The number of hydrogen-bond acceptors (Lipinski definition) is 3. The number of carbonyl (C=O) groups excluding carboxylic acids is 3. The van der Waals surface area contributed by atoms with Crippen LogP contribution in [0.4, 0.5) is 10.5 Å². The SMILES string of the molecule is O=C(CCNC(=O)NC1CCCCC1)Nc1cccc(C(=O)NC2CC2)c1. The number of benzene rings is 1. The molecule has 1 aromatic carbocycles. The van der Waals surface area contributed by atoms with E-state index in [-0.39, 0.29) is 36.9 Å². The van der Waals surface area contributed by atoms with Gasteiger partial charge in [-0.15, -0.1) is 0 Å². The molecule has 0 radical (unpaired) electrons. The fraction of sp³-hybridized carbons (Fsp3) is 0.550. The van der Waals surface area contributed by atoms with Gasteiger partial charge in [-0.05, 0) is 43.9 Å². The second-order valence-corrected chi connectivity index (χ2v) is 7.36. The first-order valence-corrected chi connectivity index (χ1v) is 9.85. The standard InChI is InChI=1S/C20H28N4O3/c25-18(11-12-21-20(27)24-15-6-2-1-3-7-15)22-17-8-4-5-14(13-17)19(26)23-16-9-10-16/h4-5,8,13,15-16H,1-3,6-7,9-12H2,(H,22,25)(H,23,26)(H2,21,24,27). The molecule has 2 saturated carbocycles. The Bertz CT molecular complexity index is 682. The van der Waals surface area contributed by atoms with E-state index in [0.29, 0.717) is 17.3 Å². The molecule has 0 aromatic heterocycles. The Kier molecular flexibility index (Phi) is 6.68. The number of nitrogens with one attached hydrogen (secondary N) is 4. The van der Waals surface area contributed by atoms with Crippen molar-refractivity contribution in [3.05, 3.63) is 29.8 Å². The monoisotopic (exact) mass is 372 g/mol. The van der Waals surface area contributed by atoms with E-state index in [9.17, 15) is 14.4 Å². The average molecular weight is 372 g/mol. The molecule has 0 bridgehead atoms. The fourth-order valence-corrected chi connectivity index (χ4v) is 3.23. The molecule has 4 N–H and O–H groups in total. The van der Waals surface area contributed by atoms with Crippen LogP contribution in [0.1, 0.15) is 61.7 Å². The van der Waals surface area contributed by atoms with E-state index in [0.717, 1.165) is 38.5 Å². The van der Waals surface area contributed by atoms with Crippen LogP contribution in [0, 0.1) is 0 Å². The van der Waals surface area contributed by atoms with Crippen molar-refractivity contribution in [2.75, 3.05) is 11.9 Å².